The van der Waals surface area contributed by atoms with Crippen LogP contribution in [0, 0.1) is 17.8 Å². The number of rotatable bonds is 6. The van der Waals surface area contributed by atoms with Crippen molar-refractivity contribution >= 4 is 23.4 Å². The fourth-order valence-corrected chi connectivity index (χ4v) is 6.02. The zero-order valence-electron chi connectivity index (χ0n) is 21.2. The lowest BCUT2D eigenvalue weighted by Gasteiger charge is -2.40. The summed E-state index contributed by atoms with van der Waals surface area (Å²) in [4.78, 5) is 49.9. The number of ketones is 2. The number of aliphatic hydroxyl groups is 2. The van der Waals surface area contributed by atoms with E-state index in [0.717, 1.165) is 5.56 Å². The van der Waals surface area contributed by atoms with Crippen molar-refractivity contribution in [3.63, 3.8) is 0 Å². The number of benzene rings is 2. The van der Waals surface area contributed by atoms with Gasteiger partial charge in [0.2, 0.25) is 0 Å². The van der Waals surface area contributed by atoms with E-state index in [1.165, 1.54) is 7.11 Å². The molecule has 6 N–H and O–H groups in total. The molecule has 0 fully saturated rings. The van der Waals surface area contributed by atoms with Gasteiger partial charge in [-0.2, -0.15) is 0 Å². The average Bonchev–Trinajstić information content (AvgIpc) is 2.89. The van der Waals surface area contributed by atoms with E-state index in [4.69, 9.17) is 10.5 Å². The summed E-state index contributed by atoms with van der Waals surface area (Å²) >= 11 is 0. The number of carbonyl (C=O) groups excluding carboxylic acids is 4. The number of phenolic OH excluding ortho intramolecular Hbond substituents is 1. The number of nitrogens with one attached hydrogen (secondary N) is 1. The van der Waals surface area contributed by atoms with Gasteiger partial charge in [-0.1, -0.05) is 24.3 Å². The number of ether oxygens (including phenoxy) is 1. The van der Waals surface area contributed by atoms with Gasteiger partial charge in [0, 0.05) is 30.6 Å². The summed E-state index contributed by atoms with van der Waals surface area (Å²) in [6.45, 7) is 0.683. The normalized spacial score (nSPS) is 22.2. The first-order valence-electron chi connectivity index (χ1n) is 12.6. The minimum atomic E-state index is -1.14. The minimum Gasteiger partial charge on any atom is -0.511 e. The fraction of sp³-hybridized carbons (Fsp3) is 0.310. The molecule has 3 unspecified atom stereocenters. The number of hydrogen-bond acceptors (Lipinski definition) is 9. The van der Waals surface area contributed by atoms with Crippen molar-refractivity contribution in [3.8, 4) is 5.75 Å². The molecule has 0 spiro atoms. The quantitative estimate of drug-likeness (QED) is 0.276. The third kappa shape index (κ3) is 4.46. The van der Waals surface area contributed by atoms with Crippen LogP contribution in [0.1, 0.15) is 50.2 Å². The molecule has 1 amide bonds. The molecule has 0 heterocycles. The standard InChI is InChI=1S/C29H28N2O8/c1-39-29(38)14-4-2-13(3-5-14)11-31-12-16-7-6-15-8-17-9-18-10-19(32)23(28(30)37)27(36)22(18)26(35)21(17)25(34)20(15)24(16)33/h2-7,17-18,22,31-33,35H,8-12H2,1H3,(H2,30,37). The zero-order valence-corrected chi connectivity index (χ0v) is 21.2. The molecule has 202 valence electrons. The molecule has 0 bridgehead atoms. The van der Waals surface area contributed by atoms with Gasteiger partial charge in [-0.25, -0.2) is 4.79 Å². The number of primary amides is 1. The van der Waals surface area contributed by atoms with E-state index in [-0.39, 0.29) is 35.6 Å². The second-order valence-corrected chi connectivity index (χ2v) is 10.2. The lowest BCUT2D eigenvalue weighted by molar-refractivity contribution is -0.126. The maximum Gasteiger partial charge on any atom is 0.337 e. The molecule has 2 aromatic rings. The van der Waals surface area contributed by atoms with Crippen LogP contribution >= 0.6 is 0 Å². The maximum absolute atomic E-state index is 13.6. The number of nitrogens with two attached hydrogens (primary N) is 1. The number of fused-ring (bicyclic) bond motifs is 3. The van der Waals surface area contributed by atoms with Crippen LogP contribution in [0.2, 0.25) is 0 Å². The molecule has 10 heteroatoms. The molecule has 3 atom stereocenters. The van der Waals surface area contributed by atoms with E-state index in [1.54, 1.807) is 36.4 Å². The molecule has 3 aliphatic carbocycles. The van der Waals surface area contributed by atoms with Gasteiger partial charge in [-0.15, -0.1) is 0 Å². The first-order chi connectivity index (χ1) is 18.6. The van der Waals surface area contributed by atoms with Gasteiger partial charge in [0.25, 0.3) is 5.91 Å². The van der Waals surface area contributed by atoms with Crippen molar-refractivity contribution in [2.45, 2.75) is 32.4 Å². The Labute approximate surface area is 223 Å². The van der Waals surface area contributed by atoms with Crippen LogP contribution in [0.15, 0.2) is 59.1 Å². The zero-order chi connectivity index (χ0) is 28.0. The largest absolute Gasteiger partial charge is 0.511 e. The minimum absolute atomic E-state index is 0.00480. The molecular formula is C29H28N2O8. The third-order valence-electron chi connectivity index (χ3n) is 7.86. The highest BCUT2D eigenvalue weighted by Crippen LogP contribution is 2.49. The summed E-state index contributed by atoms with van der Waals surface area (Å²) < 4.78 is 4.70. The summed E-state index contributed by atoms with van der Waals surface area (Å²) in [7, 11) is 1.31. The number of allylic oxidation sites excluding steroid dienone is 3. The molecule has 5 rings (SSSR count). The molecule has 0 radical (unpaired) electrons. The van der Waals surface area contributed by atoms with Crippen LogP contribution in [0.5, 0.6) is 5.75 Å². The summed E-state index contributed by atoms with van der Waals surface area (Å²) in [5.74, 6) is -5.85. The van der Waals surface area contributed by atoms with Crippen molar-refractivity contribution in [2.24, 2.45) is 23.5 Å². The second-order valence-electron chi connectivity index (χ2n) is 10.2. The van der Waals surface area contributed by atoms with Crippen molar-refractivity contribution in [1.29, 1.82) is 0 Å². The molecule has 0 aromatic heterocycles. The molecule has 39 heavy (non-hydrogen) atoms. The Hall–Kier alpha value is -4.44. The van der Waals surface area contributed by atoms with Crippen LogP contribution in [-0.2, 0) is 33.8 Å². The van der Waals surface area contributed by atoms with Gasteiger partial charge in [0.15, 0.2) is 11.6 Å². The lowest BCUT2D eigenvalue weighted by atomic mass is 9.62. The smallest absolute Gasteiger partial charge is 0.337 e. The van der Waals surface area contributed by atoms with Crippen LogP contribution in [0.4, 0.5) is 0 Å². The number of esters is 1. The number of aromatic hydroxyl groups is 1. The third-order valence-corrected chi connectivity index (χ3v) is 7.86. The van der Waals surface area contributed by atoms with E-state index in [0.29, 0.717) is 36.1 Å². The van der Waals surface area contributed by atoms with Gasteiger partial charge in [0.1, 0.15) is 22.8 Å². The molecular weight excluding hydrogens is 504 g/mol. The number of hydrogen-bond donors (Lipinski definition) is 5. The number of carbonyl (C=O) groups is 4. The van der Waals surface area contributed by atoms with Crippen molar-refractivity contribution in [3.05, 3.63) is 86.9 Å². The molecule has 3 aliphatic rings. The van der Waals surface area contributed by atoms with E-state index >= 15 is 0 Å². The highest BCUT2D eigenvalue weighted by molar-refractivity contribution is 6.22. The molecule has 10 nitrogen and oxygen atoms in total. The van der Waals surface area contributed by atoms with Gasteiger partial charge < -0.3 is 31.1 Å². The Morgan fingerprint density at radius 2 is 1.74 bits per heavy atom. The number of phenols is 1. The van der Waals surface area contributed by atoms with Gasteiger partial charge >= 0.3 is 5.97 Å². The van der Waals surface area contributed by atoms with Crippen molar-refractivity contribution in [1.82, 2.24) is 5.32 Å². The van der Waals surface area contributed by atoms with Crippen molar-refractivity contribution in [2.75, 3.05) is 7.11 Å². The van der Waals surface area contributed by atoms with Crippen LogP contribution < -0.4 is 11.1 Å². The van der Waals surface area contributed by atoms with E-state index < -0.39 is 52.5 Å². The van der Waals surface area contributed by atoms with Crippen LogP contribution in [-0.4, -0.2) is 45.9 Å². The first-order valence-corrected chi connectivity index (χ1v) is 12.6. The van der Waals surface area contributed by atoms with Crippen LogP contribution in [0.25, 0.3) is 0 Å². The Bertz CT molecular complexity index is 1470. The van der Waals surface area contributed by atoms with E-state index in [9.17, 15) is 34.5 Å². The number of amides is 1. The molecule has 2 aromatic carbocycles. The summed E-state index contributed by atoms with van der Waals surface area (Å²) in [5.41, 5.74) is 7.35. The van der Waals surface area contributed by atoms with Gasteiger partial charge in [0.05, 0.1) is 24.2 Å². The fourth-order valence-electron chi connectivity index (χ4n) is 6.02. The number of Topliss-reactive ketones (excluding diaryl/α,β-unsaturated/α-hetero) is 2. The molecule has 0 saturated heterocycles. The van der Waals surface area contributed by atoms with E-state index in [2.05, 4.69) is 5.32 Å². The van der Waals surface area contributed by atoms with Crippen LogP contribution in [0.3, 0.4) is 0 Å². The highest BCUT2D eigenvalue weighted by Gasteiger charge is 2.50. The number of methoxy groups -OCH3 is 1. The Morgan fingerprint density at radius 3 is 2.41 bits per heavy atom. The van der Waals surface area contributed by atoms with Gasteiger partial charge in [-0.3, -0.25) is 14.4 Å². The lowest BCUT2D eigenvalue weighted by Crippen LogP contribution is -2.43. The van der Waals surface area contributed by atoms with Crippen molar-refractivity contribution < 1.29 is 39.2 Å². The topological polar surface area (TPSA) is 176 Å². The van der Waals surface area contributed by atoms with Gasteiger partial charge in [-0.05, 0) is 47.9 Å². The Balaban J connectivity index is 1.37. The average molecular weight is 533 g/mol. The first kappa shape index (κ1) is 26.2. The predicted octanol–water partition coefficient (Wildman–Crippen LogP) is 2.54. The number of aliphatic hydroxyl groups excluding tert-OH is 2. The highest BCUT2D eigenvalue weighted by atomic mass is 16.5. The molecule has 0 aliphatic heterocycles. The second kappa shape index (κ2) is 10.0. The predicted molar refractivity (Wildman–Crippen MR) is 138 cm³/mol. The van der Waals surface area contributed by atoms with E-state index in [1.807, 2.05) is 0 Å². The monoisotopic (exact) mass is 532 g/mol. The summed E-state index contributed by atoms with van der Waals surface area (Å²) in [5, 5.41) is 35.6. The summed E-state index contributed by atoms with van der Waals surface area (Å²) in [6, 6.07) is 10.4. The SMILES string of the molecule is COC(=O)c1ccc(CNCc2ccc3c(c2O)C(=O)C2=C(O)C4C(=O)C(C(N)=O)=C(O)CC4CC2C3)cc1. The molecule has 0 saturated carbocycles. The Morgan fingerprint density at radius 1 is 1.03 bits per heavy atom. The maximum atomic E-state index is 13.6. The Kier molecular flexibility index (Phi) is 6.73. The summed E-state index contributed by atoms with van der Waals surface area (Å²) in [6.07, 6.45) is 0.736.